The van der Waals surface area contributed by atoms with Crippen LogP contribution in [0.4, 0.5) is 0 Å². The van der Waals surface area contributed by atoms with E-state index in [1.54, 1.807) is 12.1 Å². The van der Waals surface area contributed by atoms with Gasteiger partial charge in [-0.2, -0.15) is 0 Å². The van der Waals surface area contributed by atoms with Crippen LogP contribution in [0, 0.1) is 23.2 Å². The molecule has 1 aromatic carbocycles. The van der Waals surface area contributed by atoms with E-state index in [0.29, 0.717) is 17.3 Å². The summed E-state index contributed by atoms with van der Waals surface area (Å²) in [5.41, 5.74) is 2.78. The highest BCUT2D eigenvalue weighted by atomic mass is 16.3. The van der Waals surface area contributed by atoms with E-state index < -0.39 is 6.10 Å². The van der Waals surface area contributed by atoms with Crippen LogP contribution in [0.5, 0.6) is 5.75 Å². The molecule has 0 amide bonds. The highest BCUT2D eigenvalue weighted by Crippen LogP contribution is 2.64. The first-order valence-corrected chi connectivity index (χ1v) is 9.05. The van der Waals surface area contributed by atoms with Gasteiger partial charge in [-0.15, -0.1) is 0 Å². The molecule has 22 heavy (non-hydrogen) atoms. The molecule has 2 heteroatoms. The Hall–Kier alpha value is -1.02. The van der Waals surface area contributed by atoms with Gasteiger partial charge in [-0.1, -0.05) is 26.3 Å². The van der Waals surface area contributed by atoms with E-state index in [4.69, 9.17) is 0 Å². The lowest BCUT2D eigenvalue weighted by molar-refractivity contribution is -0.00231. The van der Waals surface area contributed by atoms with Gasteiger partial charge in [-0.05, 0) is 84.5 Å². The minimum Gasteiger partial charge on any atom is -0.508 e. The molecule has 4 rings (SSSR count). The summed E-state index contributed by atoms with van der Waals surface area (Å²) in [5.74, 6) is 3.14. The maximum Gasteiger partial charge on any atom is 0.115 e. The fraction of sp³-hybridized carbons (Fsp3) is 0.700. The number of hydrogen-bond acceptors (Lipinski definition) is 2. The van der Waals surface area contributed by atoms with Crippen molar-refractivity contribution < 1.29 is 10.2 Å². The molecular formula is C20H28O2. The first-order chi connectivity index (χ1) is 10.5. The lowest BCUT2D eigenvalue weighted by Crippen LogP contribution is -2.42. The summed E-state index contributed by atoms with van der Waals surface area (Å²) >= 11 is 0. The molecule has 2 nitrogen and oxygen atoms in total. The topological polar surface area (TPSA) is 40.5 Å². The summed E-state index contributed by atoms with van der Waals surface area (Å²) in [4.78, 5) is 0. The predicted molar refractivity (Wildman–Crippen MR) is 87.8 cm³/mol. The van der Waals surface area contributed by atoms with E-state index in [1.165, 1.54) is 37.7 Å². The third kappa shape index (κ3) is 1.89. The van der Waals surface area contributed by atoms with Gasteiger partial charge < -0.3 is 10.2 Å². The van der Waals surface area contributed by atoms with Crippen LogP contribution >= 0.6 is 0 Å². The third-order valence-corrected chi connectivity index (χ3v) is 7.45. The van der Waals surface area contributed by atoms with Gasteiger partial charge in [0.1, 0.15) is 5.75 Å². The minimum absolute atomic E-state index is 0.281. The Morgan fingerprint density at radius 2 is 2.00 bits per heavy atom. The number of fused-ring (bicyclic) bond motifs is 5. The Balaban J connectivity index is 1.72. The molecule has 1 aromatic rings. The van der Waals surface area contributed by atoms with Crippen LogP contribution in [0.1, 0.15) is 75.5 Å². The van der Waals surface area contributed by atoms with Crippen molar-refractivity contribution in [2.75, 3.05) is 0 Å². The average molecular weight is 300 g/mol. The zero-order chi connectivity index (χ0) is 15.5. The van der Waals surface area contributed by atoms with Crippen molar-refractivity contribution in [1.82, 2.24) is 0 Å². The summed E-state index contributed by atoms with van der Waals surface area (Å²) in [5, 5.41) is 20.4. The zero-order valence-corrected chi connectivity index (χ0v) is 13.8. The smallest absolute Gasteiger partial charge is 0.115 e. The molecule has 0 bridgehead atoms. The largest absolute Gasteiger partial charge is 0.508 e. The highest BCUT2D eigenvalue weighted by molar-refractivity contribution is 5.41. The van der Waals surface area contributed by atoms with E-state index in [2.05, 4.69) is 19.9 Å². The number of phenols is 1. The second-order valence-electron chi connectivity index (χ2n) is 8.17. The van der Waals surface area contributed by atoms with Gasteiger partial charge in [0.15, 0.2) is 0 Å². The van der Waals surface area contributed by atoms with E-state index in [0.717, 1.165) is 23.8 Å². The van der Waals surface area contributed by atoms with Crippen molar-refractivity contribution in [3.63, 3.8) is 0 Å². The number of aromatic hydroxyl groups is 1. The molecule has 0 spiro atoms. The molecule has 120 valence electrons. The summed E-state index contributed by atoms with van der Waals surface area (Å²) in [6, 6.07) is 5.65. The normalized spacial score (nSPS) is 43.3. The third-order valence-electron chi connectivity index (χ3n) is 7.45. The van der Waals surface area contributed by atoms with Crippen molar-refractivity contribution in [3.8, 4) is 5.75 Å². The van der Waals surface area contributed by atoms with Crippen molar-refractivity contribution in [1.29, 1.82) is 0 Å². The molecule has 3 aliphatic rings. The molecule has 3 aliphatic carbocycles. The quantitative estimate of drug-likeness (QED) is 0.784. The fourth-order valence-electron chi connectivity index (χ4n) is 6.35. The van der Waals surface area contributed by atoms with Crippen LogP contribution in [0.3, 0.4) is 0 Å². The summed E-state index contributed by atoms with van der Waals surface area (Å²) < 4.78 is 0. The first-order valence-electron chi connectivity index (χ1n) is 9.05. The molecule has 6 unspecified atom stereocenters. The van der Waals surface area contributed by atoms with Crippen LogP contribution in [0.25, 0.3) is 0 Å². The molecule has 6 atom stereocenters. The average Bonchev–Trinajstić information content (AvgIpc) is 2.84. The second-order valence-corrected chi connectivity index (χ2v) is 8.17. The number of benzene rings is 1. The molecule has 0 aromatic heterocycles. The van der Waals surface area contributed by atoms with E-state index >= 15 is 0 Å². The Bertz CT molecular complexity index is 581. The number of rotatable bonds is 1. The van der Waals surface area contributed by atoms with Crippen molar-refractivity contribution in [2.45, 2.75) is 64.4 Å². The van der Waals surface area contributed by atoms with Gasteiger partial charge in [0.05, 0.1) is 6.10 Å². The number of aliphatic hydroxyl groups is 1. The van der Waals surface area contributed by atoms with Crippen LogP contribution in [0.15, 0.2) is 18.2 Å². The molecule has 2 saturated carbocycles. The molecule has 0 heterocycles. The monoisotopic (exact) mass is 300 g/mol. The molecule has 0 aliphatic heterocycles. The highest BCUT2D eigenvalue weighted by Gasteiger charge is 2.54. The maximum absolute atomic E-state index is 10.6. The predicted octanol–water partition coefficient (Wildman–Crippen LogP) is 4.77. The second kappa shape index (κ2) is 4.99. The Morgan fingerprint density at radius 3 is 2.77 bits per heavy atom. The fourth-order valence-corrected chi connectivity index (χ4v) is 6.35. The number of hydrogen-bond donors (Lipinski definition) is 2. The molecule has 0 radical (unpaired) electrons. The van der Waals surface area contributed by atoms with E-state index in [9.17, 15) is 10.2 Å². The number of aliphatic hydroxyl groups excluding tert-OH is 1. The SMILES string of the molecule is CCC1CCC2C3CC(O)c4cc(O)ccc4C3CCC12C. The Kier molecular flexibility index (Phi) is 3.30. The molecule has 0 saturated heterocycles. The van der Waals surface area contributed by atoms with Gasteiger partial charge in [0.25, 0.3) is 0 Å². The lowest BCUT2D eigenvalue weighted by Gasteiger charge is -2.51. The standard InChI is InChI=1S/C20H28O2/c1-3-12-4-7-18-16-11-19(22)17-10-13(21)5-6-14(17)15(16)8-9-20(12,18)2/h5-6,10,12,15-16,18-19,21-22H,3-4,7-9,11H2,1-2H3. The molecule has 2 fully saturated rings. The van der Waals surface area contributed by atoms with Crippen molar-refractivity contribution in [2.24, 2.45) is 23.2 Å². The van der Waals surface area contributed by atoms with Crippen LogP contribution in [0.2, 0.25) is 0 Å². The number of phenolic OH excluding ortho intramolecular Hbond substituents is 1. The van der Waals surface area contributed by atoms with Crippen LogP contribution in [-0.4, -0.2) is 10.2 Å². The van der Waals surface area contributed by atoms with E-state index in [-0.39, 0.29) is 5.75 Å². The lowest BCUT2D eigenvalue weighted by atomic mass is 9.53. The van der Waals surface area contributed by atoms with Crippen molar-refractivity contribution >= 4 is 0 Å². The first kappa shape index (κ1) is 14.6. The van der Waals surface area contributed by atoms with Gasteiger partial charge in [-0.3, -0.25) is 0 Å². The van der Waals surface area contributed by atoms with Crippen LogP contribution < -0.4 is 0 Å². The van der Waals surface area contributed by atoms with Crippen LogP contribution in [-0.2, 0) is 0 Å². The summed E-state index contributed by atoms with van der Waals surface area (Å²) in [7, 11) is 0. The van der Waals surface area contributed by atoms with Gasteiger partial charge >= 0.3 is 0 Å². The maximum atomic E-state index is 10.6. The summed E-state index contributed by atoms with van der Waals surface area (Å²) in [6.45, 7) is 4.87. The van der Waals surface area contributed by atoms with Gasteiger partial charge in [0, 0.05) is 0 Å². The zero-order valence-electron chi connectivity index (χ0n) is 13.8. The molecule has 2 N–H and O–H groups in total. The van der Waals surface area contributed by atoms with Gasteiger partial charge in [-0.25, -0.2) is 0 Å². The van der Waals surface area contributed by atoms with Crippen molar-refractivity contribution in [3.05, 3.63) is 29.3 Å². The minimum atomic E-state index is -0.397. The summed E-state index contributed by atoms with van der Waals surface area (Å²) in [6.07, 6.45) is 7.09. The van der Waals surface area contributed by atoms with E-state index in [1.807, 2.05) is 0 Å². The van der Waals surface area contributed by atoms with Gasteiger partial charge in [0.2, 0.25) is 0 Å². The molecular weight excluding hydrogens is 272 g/mol. The Morgan fingerprint density at radius 1 is 1.18 bits per heavy atom. The Labute approximate surface area is 133 Å².